The van der Waals surface area contributed by atoms with Crippen molar-refractivity contribution < 1.29 is 0 Å². The molecule has 0 saturated heterocycles. The van der Waals surface area contributed by atoms with Gasteiger partial charge in [0.05, 0.1) is 11.4 Å². The summed E-state index contributed by atoms with van der Waals surface area (Å²) in [5.74, 6) is 1.02. The highest BCUT2D eigenvalue weighted by atomic mass is 32.1. The lowest BCUT2D eigenvalue weighted by molar-refractivity contribution is 0.350. The van der Waals surface area contributed by atoms with Gasteiger partial charge in [0.15, 0.2) is 0 Å². The summed E-state index contributed by atoms with van der Waals surface area (Å²) >= 11 is 1.90. The average Bonchev–Trinajstić information content (AvgIpc) is 4.14. The van der Waals surface area contributed by atoms with Gasteiger partial charge in [0.1, 0.15) is 0 Å². The molecular formula is C65H48N2S. The van der Waals surface area contributed by atoms with Crippen LogP contribution >= 0.6 is 11.3 Å². The summed E-state index contributed by atoms with van der Waals surface area (Å²) in [6.07, 6.45) is 4.67. The number of thiophene rings is 1. The maximum atomic E-state index is 2.62. The topological polar surface area (TPSA) is 6.48 Å². The largest absolute Gasteiger partial charge is 0.310 e. The standard InChI is InChI=1S/C65H48N2S/c1-4-17-45(18-5-1)62-54-25-11-10-16-43(54)32-38-55(62)44-30-35-52(36-31-44)67(53-37-39-57-56-26-12-13-29-60(56)68-61(57)42-53)59-28-15-20-47-41-49-34-33-48-40-46-19-14-27-58(63(46)65(48,49)64(47)59)66(50-21-6-2-7-22-50)51-23-8-3-9-24-51/h1-32,35-39,42,48-49H,33-34,40-41H2. The van der Waals surface area contributed by atoms with Gasteiger partial charge >= 0.3 is 0 Å². The molecule has 3 aliphatic rings. The SMILES string of the molecule is c1ccc(-c2c(-c3ccc(N(c4ccc5c(c4)sc4ccccc45)c4cccc5c4C46c7c(cccc7N(c7ccccc7)c7ccccc7)CC4CCC6C5)cc3)ccc3ccccc23)cc1. The Hall–Kier alpha value is -7.72. The van der Waals surface area contributed by atoms with Crippen LogP contribution in [0.1, 0.15) is 35.1 Å². The van der Waals surface area contributed by atoms with Crippen molar-refractivity contribution in [2.24, 2.45) is 11.8 Å². The number of benzene rings is 10. The minimum atomic E-state index is -0.144. The van der Waals surface area contributed by atoms with Crippen LogP contribution in [0.3, 0.4) is 0 Å². The second-order valence-electron chi connectivity index (χ2n) is 19.1. The van der Waals surface area contributed by atoms with Crippen LogP contribution in [-0.2, 0) is 18.3 Å². The van der Waals surface area contributed by atoms with E-state index in [4.69, 9.17) is 0 Å². The van der Waals surface area contributed by atoms with Gasteiger partial charge in [-0.05, 0) is 160 Å². The molecule has 1 spiro atoms. The van der Waals surface area contributed by atoms with Gasteiger partial charge in [-0.3, -0.25) is 0 Å². The Bertz CT molecular complexity index is 3660. The molecule has 0 amide bonds. The fraction of sp³-hybridized carbons (Fsp3) is 0.108. The normalized spacial score (nSPS) is 17.8. The summed E-state index contributed by atoms with van der Waals surface area (Å²) in [6, 6.07) is 86.3. The lowest BCUT2D eigenvalue weighted by Crippen LogP contribution is -2.34. The smallest absolute Gasteiger partial charge is 0.0505 e. The molecule has 1 saturated carbocycles. The number of para-hydroxylation sites is 2. The van der Waals surface area contributed by atoms with Gasteiger partial charge in [-0.25, -0.2) is 0 Å². The zero-order chi connectivity index (χ0) is 44.8. The molecule has 0 N–H and O–H groups in total. The number of nitrogens with zero attached hydrogens (tertiary/aromatic N) is 2. The predicted molar refractivity (Wildman–Crippen MR) is 288 cm³/mol. The molecule has 1 fully saturated rings. The monoisotopic (exact) mass is 888 g/mol. The summed E-state index contributed by atoms with van der Waals surface area (Å²) in [4.78, 5) is 5.15. The first-order valence-electron chi connectivity index (χ1n) is 24.3. The highest BCUT2D eigenvalue weighted by Gasteiger charge is 2.62. The van der Waals surface area contributed by atoms with Gasteiger partial charge in [0.25, 0.3) is 0 Å². The third kappa shape index (κ3) is 5.95. The highest BCUT2D eigenvalue weighted by molar-refractivity contribution is 7.25. The minimum Gasteiger partial charge on any atom is -0.310 e. The predicted octanol–water partition coefficient (Wildman–Crippen LogP) is 17.9. The Morgan fingerprint density at radius 3 is 1.57 bits per heavy atom. The van der Waals surface area contributed by atoms with E-state index >= 15 is 0 Å². The molecule has 0 radical (unpaired) electrons. The molecule has 324 valence electrons. The van der Waals surface area contributed by atoms with Gasteiger partial charge in [-0.1, -0.05) is 164 Å². The Balaban J connectivity index is 0.989. The van der Waals surface area contributed by atoms with Crippen molar-refractivity contribution in [3.8, 4) is 22.3 Å². The Morgan fingerprint density at radius 1 is 0.382 bits per heavy atom. The zero-order valence-corrected chi connectivity index (χ0v) is 38.5. The lowest BCUT2D eigenvalue weighted by Gasteiger charge is -2.40. The van der Waals surface area contributed by atoms with Crippen LogP contribution in [0.4, 0.5) is 34.1 Å². The maximum Gasteiger partial charge on any atom is 0.0505 e. The molecule has 1 aromatic heterocycles. The van der Waals surface area contributed by atoms with E-state index in [1.54, 1.807) is 0 Å². The first-order valence-corrected chi connectivity index (χ1v) is 25.1. The molecule has 1 heterocycles. The van der Waals surface area contributed by atoms with E-state index in [2.05, 4.69) is 240 Å². The Kier molecular flexibility index (Phi) is 9.10. The van der Waals surface area contributed by atoms with Crippen molar-refractivity contribution in [1.82, 2.24) is 0 Å². The van der Waals surface area contributed by atoms with Crippen LogP contribution in [0.5, 0.6) is 0 Å². The van der Waals surface area contributed by atoms with Crippen molar-refractivity contribution in [3.05, 3.63) is 253 Å². The van der Waals surface area contributed by atoms with Crippen molar-refractivity contribution in [2.45, 2.75) is 31.1 Å². The fourth-order valence-electron chi connectivity index (χ4n) is 13.1. The third-order valence-corrected chi connectivity index (χ3v) is 16.9. The summed E-state index contributed by atoms with van der Waals surface area (Å²) in [6.45, 7) is 0. The molecule has 14 rings (SSSR count). The van der Waals surface area contributed by atoms with Gasteiger partial charge in [0.2, 0.25) is 0 Å². The molecule has 3 aliphatic carbocycles. The van der Waals surface area contributed by atoms with Gasteiger partial charge < -0.3 is 9.80 Å². The van der Waals surface area contributed by atoms with Crippen molar-refractivity contribution in [1.29, 1.82) is 0 Å². The van der Waals surface area contributed by atoms with Crippen LogP contribution in [-0.4, -0.2) is 0 Å². The molecular weight excluding hydrogens is 841 g/mol. The van der Waals surface area contributed by atoms with Gasteiger partial charge in [-0.15, -0.1) is 11.3 Å². The molecule has 0 aliphatic heterocycles. The Morgan fingerprint density at radius 2 is 0.912 bits per heavy atom. The van der Waals surface area contributed by atoms with E-state index in [1.807, 2.05) is 11.3 Å². The quantitative estimate of drug-likeness (QED) is 0.150. The van der Waals surface area contributed by atoms with E-state index in [0.717, 1.165) is 12.8 Å². The second kappa shape index (κ2) is 15.7. The first kappa shape index (κ1) is 39.4. The molecule has 3 unspecified atom stereocenters. The molecule has 0 bridgehead atoms. The highest BCUT2D eigenvalue weighted by Crippen LogP contribution is 2.69. The van der Waals surface area contributed by atoms with E-state index in [1.165, 1.54) is 122 Å². The summed E-state index contributed by atoms with van der Waals surface area (Å²) in [7, 11) is 0. The van der Waals surface area contributed by atoms with Crippen LogP contribution < -0.4 is 9.80 Å². The molecule has 3 atom stereocenters. The zero-order valence-electron chi connectivity index (χ0n) is 37.7. The van der Waals surface area contributed by atoms with Gasteiger partial charge in [-0.2, -0.15) is 0 Å². The van der Waals surface area contributed by atoms with E-state index in [-0.39, 0.29) is 5.41 Å². The minimum absolute atomic E-state index is 0.144. The maximum absolute atomic E-state index is 2.62. The molecule has 68 heavy (non-hydrogen) atoms. The molecule has 3 heteroatoms. The van der Waals surface area contributed by atoms with Crippen LogP contribution in [0.25, 0.3) is 53.2 Å². The number of hydrogen-bond donors (Lipinski definition) is 0. The van der Waals surface area contributed by atoms with Crippen LogP contribution in [0, 0.1) is 11.8 Å². The number of hydrogen-bond acceptors (Lipinski definition) is 3. The molecule has 10 aromatic carbocycles. The summed E-state index contributed by atoms with van der Waals surface area (Å²) < 4.78 is 2.64. The average molecular weight is 889 g/mol. The van der Waals surface area contributed by atoms with E-state index in [9.17, 15) is 0 Å². The lowest BCUT2D eigenvalue weighted by atomic mass is 9.68. The summed E-state index contributed by atoms with van der Waals surface area (Å²) in [5, 5.41) is 5.17. The molecule has 11 aromatic rings. The third-order valence-electron chi connectivity index (χ3n) is 15.7. The van der Waals surface area contributed by atoms with E-state index in [0.29, 0.717) is 11.8 Å². The molecule has 2 nitrogen and oxygen atoms in total. The number of fused-ring (bicyclic) bond motifs is 6. The number of rotatable bonds is 8. The van der Waals surface area contributed by atoms with Crippen molar-refractivity contribution in [3.63, 3.8) is 0 Å². The first-order chi connectivity index (χ1) is 33.7. The van der Waals surface area contributed by atoms with Crippen LogP contribution in [0.15, 0.2) is 231 Å². The van der Waals surface area contributed by atoms with Gasteiger partial charge in [0, 0.05) is 48.3 Å². The van der Waals surface area contributed by atoms with E-state index < -0.39 is 0 Å². The van der Waals surface area contributed by atoms with Crippen molar-refractivity contribution in [2.75, 3.05) is 9.80 Å². The second-order valence-corrected chi connectivity index (χ2v) is 20.2. The van der Waals surface area contributed by atoms with Crippen LogP contribution in [0.2, 0.25) is 0 Å². The fourth-order valence-corrected chi connectivity index (χ4v) is 14.3. The summed E-state index contributed by atoms with van der Waals surface area (Å²) in [5.41, 5.74) is 18.2. The number of anilines is 6. The Labute approximate surface area is 402 Å². The van der Waals surface area contributed by atoms with Crippen molar-refractivity contribution >= 4 is 76.4 Å².